The average Bonchev–Trinajstić information content (AvgIpc) is 3.13. The molecule has 2 aromatic carbocycles. The molecule has 0 aliphatic carbocycles. The summed E-state index contributed by atoms with van der Waals surface area (Å²) in [5, 5.41) is 9.71. The van der Waals surface area contributed by atoms with E-state index in [0.717, 1.165) is 56.3 Å². The molecule has 0 amide bonds. The fourth-order valence-corrected chi connectivity index (χ4v) is 3.48. The summed E-state index contributed by atoms with van der Waals surface area (Å²) in [4.78, 5) is 4.90. The molecule has 0 bridgehead atoms. The van der Waals surface area contributed by atoms with Gasteiger partial charge in [0.15, 0.2) is 23.0 Å². The van der Waals surface area contributed by atoms with Crippen LogP contribution in [0, 0.1) is 0 Å². The maximum atomic E-state index is 9.71. The summed E-state index contributed by atoms with van der Waals surface area (Å²) in [5.41, 5.74) is 2.41. The summed E-state index contributed by atoms with van der Waals surface area (Å²) in [6.45, 7) is 6.22. The van der Waals surface area contributed by atoms with Crippen LogP contribution < -0.4 is 14.2 Å². The number of methoxy groups -OCH3 is 1. The Labute approximate surface area is 153 Å². The molecule has 6 heteroatoms. The van der Waals surface area contributed by atoms with Crippen LogP contribution in [0.2, 0.25) is 0 Å². The van der Waals surface area contributed by atoms with Gasteiger partial charge in [0, 0.05) is 39.3 Å². The van der Waals surface area contributed by atoms with Crippen molar-refractivity contribution in [1.29, 1.82) is 0 Å². The number of piperazine rings is 1. The summed E-state index contributed by atoms with van der Waals surface area (Å²) in [6, 6.07) is 11.8. The molecular formula is C20H24N2O4. The maximum absolute atomic E-state index is 9.71. The van der Waals surface area contributed by atoms with Crippen LogP contribution in [0.4, 0.5) is 0 Å². The second-order valence-corrected chi connectivity index (χ2v) is 6.75. The second kappa shape index (κ2) is 7.43. The smallest absolute Gasteiger partial charge is 0.231 e. The minimum Gasteiger partial charge on any atom is -0.504 e. The number of hydrogen-bond donors (Lipinski definition) is 1. The molecule has 0 spiro atoms. The first-order valence-corrected chi connectivity index (χ1v) is 8.90. The van der Waals surface area contributed by atoms with Gasteiger partial charge in [-0.05, 0) is 35.4 Å². The molecule has 2 aromatic rings. The molecule has 1 N–H and O–H groups in total. The van der Waals surface area contributed by atoms with Crippen molar-refractivity contribution in [1.82, 2.24) is 9.80 Å². The lowest BCUT2D eigenvalue weighted by atomic mass is 10.1. The minimum atomic E-state index is 0.185. The van der Waals surface area contributed by atoms with Crippen LogP contribution in [-0.2, 0) is 13.1 Å². The van der Waals surface area contributed by atoms with Crippen LogP contribution >= 0.6 is 0 Å². The van der Waals surface area contributed by atoms with Crippen LogP contribution in [0.3, 0.4) is 0 Å². The van der Waals surface area contributed by atoms with Gasteiger partial charge in [-0.15, -0.1) is 0 Å². The van der Waals surface area contributed by atoms with Gasteiger partial charge in [0.25, 0.3) is 0 Å². The Morgan fingerprint density at radius 3 is 2.19 bits per heavy atom. The molecule has 0 saturated carbocycles. The quantitative estimate of drug-likeness (QED) is 0.888. The monoisotopic (exact) mass is 356 g/mol. The van der Waals surface area contributed by atoms with E-state index in [0.29, 0.717) is 12.5 Å². The molecular weight excluding hydrogens is 332 g/mol. The van der Waals surface area contributed by atoms with Gasteiger partial charge in [0.05, 0.1) is 7.11 Å². The van der Waals surface area contributed by atoms with E-state index < -0.39 is 0 Å². The minimum absolute atomic E-state index is 0.185. The summed E-state index contributed by atoms with van der Waals surface area (Å²) < 4.78 is 16.0. The molecule has 138 valence electrons. The number of fused-ring (bicyclic) bond motifs is 1. The number of ether oxygens (including phenoxy) is 3. The summed E-state index contributed by atoms with van der Waals surface area (Å²) >= 11 is 0. The third kappa shape index (κ3) is 3.71. The highest BCUT2D eigenvalue weighted by Gasteiger charge is 2.19. The zero-order valence-electron chi connectivity index (χ0n) is 15.0. The first kappa shape index (κ1) is 17.0. The summed E-state index contributed by atoms with van der Waals surface area (Å²) in [6.07, 6.45) is 0. The Balaban J connectivity index is 1.30. The van der Waals surface area contributed by atoms with E-state index >= 15 is 0 Å². The van der Waals surface area contributed by atoms with Gasteiger partial charge in [0.2, 0.25) is 6.79 Å². The second-order valence-electron chi connectivity index (χ2n) is 6.75. The van der Waals surface area contributed by atoms with E-state index in [1.165, 1.54) is 5.56 Å². The van der Waals surface area contributed by atoms with Gasteiger partial charge >= 0.3 is 0 Å². The molecule has 2 heterocycles. The highest BCUT2D eigenvalue weighted by molar-refractivity contribution is 5.44. The van der Waals surface area contributed by atoms with Crippen molar-refractivity contribution in [2.24, 2.45) is 0 Å². The Morgan fingerprint density at radius 2 is 1.50 bits per heavy atom. The average molecular weight is 356 g/mol. The largest absolute Gasteiger partial charge is 0.504 e. The Morgan fingerprint density at radius 1 is 0.885 bits per heavy atom. The molecule has 26 heavy (non-hydrogen) atoms. The number of phenolic OH excluding ortho intramolecular Hbond substituents is 1. The van der Waals surface area contributed by atoms with E-state index in [4.69, 9.17) is 14.2 Å². The van der Waals surface area contributed by atoms with Crippen molar-refractivity contribution in [2.45, 2.75) is 13.1 Å². The Hall–Kier alpha value is -2.44. The molecule has 6 nitrogen and oxygen atoms in total. The van der Waals surface area contributed by atoms with Crippen LogP contribution in [0.15, 0.2) is 36.4 Å². The third-order valence-electron chi connectivity index (χ3n) is 4.96. The van der Waals surface area contributed by atoms with Crippen molar-refractivity contribution >= 4 is 0 Å². The van der Waals surface area contributed by atoms with Gasteiger partial charge in [-0.1, -0.05) is 12.1 Å². The van der Waals surface area contributed by atoms with Gasteiger partial charge in [-0.25, -0.2) is 0 Å². The van der Waals surface area contributed by atoms with Crippen molar-refractivity contribution in [2.75, 3.05) is 40.1 Å². The van der Waals surface area contributed by atoms with Crippen LogP contribution in [0.5, 0.6) is 23.0 Å². The fraction of sp³-hybridized carbons (Fsp3) is 0.400. The number of hydrogen-bond acceptors (Lipinski definition) is 6. The zero-order valence-corrected chi connectivity index (χ0v) is 15.0. The maximum Gasteiger partial charge on any atom is 0.231 e. The molecule has 2 aliphatic rings. The highest BCUT2D eigenvalue weighted by Crippen LogP contribution is 2.33. The van der Waals surface area contributed by atoms with E-state index in [9.17, 15) is 5.11 Å². The standard InChI is InChI=1S/C20H24N2O4/c1-24-19-10-15(2-4-17(19)23)12-21-6-8-22(9-7-21)13-16-3-5-18-20(11-16)26-14-25-18/h2-5,10-11,23H,6-9,12-14H2,1H3. The topological polar surface area (TPSA) is 54.4 Å². The number of rotatable bonds is 5. The molecule has 1 fully saturated rings. The van der Waals surface area contributed by atoms with E-state index in [2.05, 4.69) is 21.9 Å². The fourth-order valence-electron chi connectivity index (χ4n) is 3.48. The van der Waals surface area contributed by atoms with Crippen LogP contribution in [-0.4, -0.2) is 55.0 Å². The Bertz CT molecular complexity index is 751. The Kier molecular flexibility index (Phi) is 4.86. The zero-order chi connectivity index (χ0) is 17.9. The predicted molar refractivity (Wildman–Crippen MR) is 97.8 cm³/mol. The van der Waals surface area contributed by atoms with Crippen LogP contribution in [0.25, 0.3) is 0 Å². The number of phenols is 1. The van der Waals surface area contributed by atoms with Gasteiger partial charge in [-0.3, -0.25) is 9.80 Å². The van der Waals surface area contributed by atoms with E-state index in [1.807, 2.05) is 18.2 Å². The molecule has 1 saturated heterocycles. The highest BCUT2D eigenvalue weighted by atomic mass is 16.7. The lowest BCUT2D eigenvalue weighted by Crippen LogP contribution is -2.45. The van der Waals surface area contributed by atoms with Crippen molar-refractivity contribution in [3.63, 3.8) is 0 Å². The third-order valence-corrected chi connectivity index (χ3v) is 4.96. The predicted octanol–water partition coefficient (Wildman–Crippen LogP) is 2.45. The van der Waals surface area contributed by atoms with Crippen molar-refractivity contribution < 1.29 is 19.3 Å². The normalized spacial score (nSPS) is 17.4. The lowest BCUT2D eigenvalue weighted by Gasteiger charge is -2.34. The molecule has 0 atom stereocenters. The SMILES string of the molecule is COc1cc(CN2CCN(Cc3ccc4c(c3)OCO4)CC2)ccc1O. The number of nitrogens with zero attached hydrogens (tertiary/aromatic N) is 2. The first-order valence-electron chi connectivity index (χ1n) is 8.90. The van der Waals surface area contributed by atoms with E-state index in [-0.39, 0.29) is 5.75 Å². The first-order chi connectivity index (χ1) is 12.7. The van der Waals surface area contributed by atoms with Gasteiger partial charge in [-0.2, -0.15) is 0 Å². The summed E-state index contributed by atoms with van der Waals surface area (Å²) in [5.74, 6) is 2.40. The molecule has 0 aromatic heterocycles. The van der Waals surface area contributed by atoms with Gasteiger partial charge in [0.1, 0.15) is 0 Å². The lowest BCUT2D eigenvalue weighted by molar-refractivity contribution is 0.122. The van der Waals surface area contributed by atoms with Crippen molar-refractivity contribution in [3.05, 3.63) is 47.5 Å². The molecule has 0 unspecified atom stereocenters. The summed E-state index contributed by atoms with van der Waals surface area (Å²) in [7, 11) is 1.58. The van der Waals surface area contributed by atoms with E-state index in [1.54, 1.807) is 13.2 Å². The van der Waals surface area contributed by atoms with Crippen molar-refractivity contribution in [3.8, 4) is 23.0 Å². The molecule has 4 rings (SSSR count). The molecule has 2 aliphatic heterocycles. The van der Waals surface area contributed by atoms with Gasteiger partial charge < -0.3 is 19.3 Å². The molecule has 0 radical (unpaired) electrons. The number of aromatic hydroxyl groups is 1. The number of benzene rings is 2. The van der Waals surface area contributed by atoms with Crippen LogP contribution in [0.1, 0.15) is 11.1 Å².